The lowest BCUT2D eigenvalue weighted by Crippen LogP contribution is -2.33. The van der Waals surface area contributed by atoms with Crippen molar-refractivity contribution in [3.63, 3.8) is 0 Å². The number of nitrogens with zero attached hydrogens (tertiary/aromatic N) is 2. The quantitative estimate of drug-likeness (QED) is 0.531. The first-order chi connectivity index (χ1) is 12.1. The summed E-state index contributed by atoms with van der Waals surface area (Å²) in [5.74, 6) is 1.42. The summed E-state index contributed by atoms with van der Waals surface area (Å²) in [7, 11) is 4.71. The van der Waals surface area contributed by atoms with Crippen LogP contribution >= 0.6 is 11.8 Å². The molecule has 9 heteroatoms. The number of thioether (sulfide) groups is 1. The van der Waals surface area contributed by atoms with E-state index in [1.165, 1.54) is 11.8 Å². The lowest BCUT2D eigenvalue weighted by molar-refractivity contribution is -0.120. The molecule has 0 saturated carbocycles. The third kappa shape index (κ3) is 5.10. The van der Waals surface area contributed by atoms with E-state index in [1.54, 1.807) is 46.5 Å². The van der Waals surface area contributed by atoms with Crippen molar-refractivity contribution >= 4 is 17.7 Å². The van der Waals surface area contributed by atoms with Crippen LogP contribution in [0, 0.1) is 0 Å². The Kier molecular flexibility index (Phi) is 7.08. The predicted molar refractivity (Wildman–Crippen MR) is 93.0 cm³/mol. The number of ether oxygens (including phenoxy) is 3. The molecule has 0 fully saturated rings. The summed E-state index contributed by atoms with van der Waals surface area (Å²) < 4.78 is 21.0. The summed E-state index contributed by atoms with van der Waals surface area (Å²) in [4.78, 5) is 12.0. The van der Waals surface area contributed by atoms with Crippen molar-refractivity contribution in [2.24, 2.45) is 0 Å². The molecule has 1 N–H and O–H groups in total. The Hall–Kier alpha value is -2.26. The van der Waals surface area contributed by atoms with Gasteiger partial charge in [0, 0.05) is 19.7 Å². The van der Waals surface area contributed by atoms with E-state index >= 15 is 0 Å². The maximum Gasteiger partial charge on any atom is 0.277 e. The van der Waals surface area contributed by atoms with E-state index in [2.05, 4.69) is 15.5 Å². The zero-order valence-electron chi connectivity index (χ0n) is 14.6. The second kappa shape index (κ2) is 9.28. The summed E-state index contributed by atoms with van der Waals surface area (Å²) in [6, 6.07) is 5.29. The number of hydrogen-bond donors (Lipinski definition) is 1. The number of hydrogen-bond acceptors (Lipinski definition) is 8. The third-order valence-electron chi connectivity index (χ3n) is 3.30. The summed E-state index contributed by atoms with van der Waals surface area (Å²) in [6.45, 7) is 2.69. The highest BCUT2D eigenvalue weighted by atomic mass is 32.2. The molecule has 0 bridgehead atoms. The molecule has 2 rings (SSSR count). The molecule has 1 heterocycles. The summed E-state index contributed by atoms with van der Waals surface area (Å²) in [5, 5.41) is 10.7. The molecule has 0 unspecified atom stereocenters. The van der Waals surface area contributed by atoms with E-state index in [-0.39, 0.29) is 11.2 Å². The third-order valence-corrected chi connectivity index (χ3v) is 4.23. The summed E-state index contributed by atoms with van der Waals surface area (Å²) >= 11 is 1.19. The molecule has 0 aliphatic rings. The number of carbonyl (C=O) groups excluding carboxylic acids is 1. The van der Waals surface area contributed by atoms with Gasteiger partial charge in [-0.3, -0.25) is 4.79 Å². The number of benzene rings is 1. The summed E-state index contributed by atoms with van der Waals surface area (Å²) in [6.07, 6.45) is 0. The molecule has 1 atom stereocenters. The molecule has 136 valence electrons. The molecule has 1 amide bonds. The van der Waals surface area contributed by atoms with E-state index in [4.69, 9.17) is 18.6 Å². The first kappa shape index (κ1) is 19.1. The van der Waals surface area contributed by atoms with Crippen molar-refractivity contribution in [2.45, 2.75) is 17.4 Å². The first-order valence-corrected chi connectivity index (χ1v) is 8.46. The maximum atomic E-state index is 12.0. The molecule has 0 aliphatic heterocycles. The van der Waals surface area contributed by atoms with Crippen LogP contribution < -0.4 is 14.8 Å². The normalized spacial score (nSPS) is 11.8. The van der Waals surface area contributed by atoms with Crippen molar-refractivity contribution in [1.82, 2.24) is 15.5 Å². The van der Waals surface area contributed by atoms with Gasteiger partial charge in [0.1, 0.15) is 11.5 Å². The molecule has 0 aliphatic carbocycles. The molecule has 0 saturated heterocycles. The Morgan fingerprint density at radius 3 is 2.76 bits per heavy atom. The highest BCUT2D eigenvalue weighted by molar-refractivity contribution is 8.00. The Morgan fingerprint density at radius 1 is 1.28 bits per heavy atom. The van der Waals surface area contributed by atoms with Crippen LogP contribution in [-0.4, -0.2) is 55.8 Å². The van der Waals surface area contributed by atoms with E-state index in [1.807, 2.05) is 0 Å². The number of rotatable bonds is 9. The van der Waals surface area contributed by atoms with Gasteiger partial charge in [-0.1, -0.05) is 11.8 Å². The van der Waals surface area contributed by atoms with Gasteiger partial charge in [0.15, 0.2) is 0 Å². The van der Waals surface area contributed by atoms with Crippen molar-refractivity contribution in [3.8, 4) is 23.0 Å². The van der Waals surface area contributed by atoms with Crippen LogP contribution in [0.15, 0.2) is 27.8 Å². The van der Waals surface area contributed by atoms with E-state index in [0.29, 0.717) is 41.3 Å². The topological polar surface area (TPSA) is 95.7 Å². The van der Waals surface area contributed by atoms with Crippen LogP contribution in [0.3, 0.4) is 0 Å². The van der Waals surface area contributed by atoms with Gasteiger partial charge >= 0.3 is 0 Å². The second-order valence-electron chi connectivity index (χ2n) is 4.98. The molecule has 8 nitrogen and oxygen atoms in total. The number of carbonyl (C=O) groups is 1. The Bertz CT molecular complexity index is 707. The van der Waals surface area contributed by atoms with Gasteiger partial charge in [0.25, 0.3) is 11.1 Å². The minimum atomic E-state index is -0.372. The van der Waals surface area contributed by atoms with Gasteiger partial charge in [-0.2, -0.15) is 0 Å². The molecule has 2 aromatic rings. The minimum absolute atomic E-state index is 0.121. The molecular formula is C16H21N3O5S. The average molecular weight is 367 g/mol. The van der Waals surface area contributed by atoms with E-state index < -0.39 is 0 Å². The van der Waals surface area contributed by atoms with Crippen LogP contribution in [0.2, 0.25) is 0 Å². The van der Waals surface area contributed by atoms with Crippen LogP contribution in [0.4, 0.5) is 0 Å². The molecule has 25 heavy (non-hydrogen) atoms. The fraction of sp³-hybridized carbons (Fsp3) is 0.438. The van der Waals surface area contributed by atoms with Gasteiger partial charge in [-0.05, 0) is 19.1 Å². The zero-order valence-corrected chi connectivity index (χ0v) is 15.4. The minimum Gasteiger partial charge on any atom is -0.497 e. The Balaban J connectivity index is 2.06. The standard InChI is InChI=1S/C16H21N3O5S/c1-10(14(20)17-7-8-21-2)25-16-19-18-15(24-16)12-6-5-11(22-3)9-13(12)23-4/h5-6,9-10H,7-8H2,1-4H3,(H,17,20)/t10-/m1/s1. The maximum absolute atomic E-state index is 12.0. The number of amides is 1. The van der Waals surface area contributed by atoms with Gasteiger partial charge in [-0.25, -0.2) is 0 Å². The number of methoxy groups -OCH3 is 3. The van der Waals surface area contributed by atoms with Crippen LogP contribution in [-0.2, 0) is 9.53 Å². The van der Waals surface area contributed by atoms with E-state index in [0.717, 1.165) is 0 Å². The molecular weight excluding hydrogens is 346 g/mol. The molecule has 1 aromatic carbocycles. The number of aromatic nitrogens is 2. The lowest BCUT2D eigenvalue weighted by atomic mass is 10.2. The molecule has 0 radical (unpaired) electrons. The van der Waals surface area contributed by atoms with Gasteiger partial charge < -0.3 is 23.9 Å². The number of nitrogens with one attached hydrogen (secondary N) is 1. The van der Waals surface area contributed by atoms with Crippen LogP contribution in [0.25, 0.3) is 11.5 Å². The summed E-state index contributed by atoms with van der Waals surface area (Å²) in [5.41, 5.74) is 0.653. The predicted octanol–water partition coefficient (Wildman–Crippen LogP) is 2.00. The molecule has 1 aromatic heterocycles. The van der Waals surface area contributed by atoms with E-state index in [9.17, 15) is 4.79 Å². The van der Waals surface area contributed by atoms with Crippen molar-refractivity contribution < 1.29 is 23.4 Å². The van der Waals surface area contributed by atoms with Crippen LogP contribution in [0.1, 0.15) is 6.92 Å². The Morgan fingerprint density at radius 2 is 2.08 bits per heavy atom. The smallest absolute Gasteiger partial charge is 0.277 e. The van der Waals surface area contributed by atoms with Gasteiger partial charge in [0.05, 0.1) is 31.6 Å². The van der Waals surface area contributed by atoms with Crippen molar-refractivity contribution in [2.75, 3.05) is 34.5 Å². The SMILES string of the molecule is COCCNC(=O)[C@@H](C)Sc1nnc(-c2ccc(OC)cc2OC)o1. The second-order valence-corrected chi connectivity index (χ2v) is 6.28. The molecule has 0 spiro atoms. The van der Waals surface area contributed by atoms with Crippen molar-refractivity contribution in [3.05, 3.63) is 18.2 Å². The lowest BCUT2D eigenvalue weighted by Gasteiger charge is -2.09. The monoisotopic (exact) mass is 367 g/mol. The van der Waals surface area contributed by atoms with Crippen LogP contribution in [0.5, 0.6) is 11.5 Å². The largest absolute Gasteiger partial charge is 0.497 e. The van der Waals surface area contributed by atoms with Gasteiger partial charge in [0.2, 0.25) is 5.91 Å². The highest BCUT2D eigenvalue weighted by Gasteiger charge is 2.20. The fourth-order valence-electron chi connectivity index (χ4n) is 1.97. The van der Waals surface area contributed by atoms with Gasteiger partial charge in [-0.15, -0.1) is 10.2 Å². The fourth-order valence-corrected chi connectivity index (χ4v) is 2.67. The first-order valence-electron chi connectivity index (χ1n) is 7.58. The average Bonchev–Trinajstić information content (AvgIpc) is 3.09. The highest BCUT2D eigenvalue weighted by Crippen LogP contribution is 2.34. The zero-order chi connectivity index (χ0) is 18.2. The van der Waals surface area contributed by atoms with Crippen molar-refractivity contribution in [1.29, 1.82) is 0 Å². The Labute approximate surface area is 150 Å².